The Hall–Kier alpha value is -3.01. The number of likely N-dealkylation sites (tertiary alicyclic amines) is 2. The molecule has 0 radical (unpaired) electrons. The van der Waals surface area contributed by atoms with E-state index in [1.54, 1.807) is 6.07 Å². The highest BCUT2D eigenvalue weighted by molar-refractivity contribution is 5.84. The van der Waals surface area contributed by atoms with Crippen LogP contribution in [0.4, 0.5) is 9.18 Å². The molecule has 0 bridgehead atoms. The number of carbonyl (C=O) groups is 1. The van der Waals surface area contributed by atoms with Crippen molar-refractivity contribution in [1.29, 1.82) is 0 Å². The van der Waals surface area contributed by atoms with Crippen molar-refractivity contribution in [2.75, 3.05) is 32.7 Å². The van der Waals surface area contributed by atoms with Gasteiger partial charge in [-0.15, -0.1) is 0 Å². The maximum atomic E-state index is 14.7. The molecule has 1 atom stereocenters. The van der Waals surface area contributed by atoms with Gasteiger partial charge >= 0.3 is 6.09 Å². The number of hydrogen-bond acceptors (Lipinski definition) is 6. The smallest absolute Gasteiger partial charge is 0.407 e. The normalized spacial score (nSPS) is 20.4. The van der Waals surface area contributed by atoms with Gasteiger partial charge in [-0.05, 0) is 55.4 Å². The van der Waals surface area contributed by atoms with Crippen LogP contribution in [-0.4, -0.2) is 73.6 Å². The molecule has 0 spiro atoms. The first kappa shape index (κ1) is 21.8. The van der Waals surface area contributed by atoms with E-state index in [-0.39, 0.29) is 23.6 Å². The van der Waals surface area contributed by atoms with Gasteiger partial charge in [-0.1, -0.05) is 26.0 Å². The molecule has 1 N–H and O–H groups in total. The summed E-state index contributed by atoms with van der Waals surface area (Å²) in [4.78, 5) is 19.6. The summed E-state index contributed by atoms with van der Waals surface area (Å²) in [5, 5.41) is 18.6. The van der Waals surface area contributed by atoms with Gasteiger partial charge in [-0.2, -0.15) is 14.8 Å². The number of hydrogen-bond donors (Lipinski definition) is 1. The molecule has 1 aromatic carbocycles. The van der Waals surface area contributed by atoms with Gasteiger partial charge in [0.2, 0.25) is 5.89 Å². The fraction of sp³-hybridized carbons (Fsp3) is 0.565. The second-order valence-electron chi connectivity index (χ2n) is 9.48. The van der Waals surface area contributed by atoms with E-state index in [0.29, 0.717) is 30.4 Å². The number of nitrogens with zero attached hydrogens (tertiary/aromatic N) is 6. The van der Waals surface area contributed by atoms with Crippen LogP contribution in [0.15, 0.2) is 22.7 Å². The quantitative estimate of drug-likeness (QED) is 0.622. The van der Waals surface area contributed by atoms with E-state index < -0.39 is 6.09 Å². The minimum atomic E-state index is -0.825. The number of benzene rings is 1. The van der Waals surface area contributed by atoms with Crippen LogP contribution in [0.3, 0.4) is 0 Å². The second kappa shape index (κ2) is 8.74. The van der Waals surface area contributed by atoms with Gasteiger partial charge in [0.1, 0.15) is 11.3 Å². The van der Waals surface area contributed by atoms with Gasteiger partial charge < -0.3 is 19.4 Å². The molecule has 0 unspecified atom stereocenters. The Morgan fingerprint density at radius 1 is 1.24 bits per heavy atom. The molecule has 0 aliphatic carbocycles. The lowest BCUT2D eigenvalue weighted by Crippen LogP contribution is -2.37. The minimum absolute atomic E-state index is 0.133. The van der Waals surface area contributed by atoms with E-state index in [9.17, 15) is 9.18 Å². The molecule has 2 fully saturated rings. The van der Waals surface area contributed by atoms with Crippen molar-refractivity contribution in [1.82, 2.24) is 29.7 Å². The average Bonchev–Trinajstić information content (AvgIpc) is 3.53. The van der Waals surface area contributed by atoms with Crippen molar-refractivity contribution in [3.8, 4) is 5.95 Å². The minimum Gasteiger partial charge on any atom is -0.465 e. The van der Waals surface area contributed by atoms with Gasteiger partial charge in [0.15, 0.2) is 0 Å². The number of aromatic nitrogens is 4. The van der Waals surface area contributed by atoms with Crippen LogP contribution in [0.25, 0.3) is 16.9 Å². The molecule has 10 heteroatoms. The van der Waals surface area contributed by atoms with E-state index in [2.05, 4.69) is 20.1 Å². The first-order valence-electron chi connectivity index (χ1n) is 11.6. The molecule has 5 rings (SSSR count). The van der Waals surface area contributed by atoms with Crippen molar-refractivity contribution in [2.45, 2.75) is 44.9 Å². The highest BCUT2D eigenvalue weighted by atomic mass is 19.1. The van der Waals surface area contributed by atoms with Crippen LogP contribution in [0.2, 0.25) is 0 Å². The van der Waals surface area contributed by atoms with Crippen LogP contribution < -0.4 is 0 Å². The Morgan fingerprint density at radius 3 is 2.73 bits per heavy atom. The average molecular weight is 457 g/mol. The van der Waals surface area contributed by atoms with Crippen LogP contribution in [0.1, 0.15) is 56.5 Å². The van der Waals surface area contributed by atoms with Crippen molar-refractivity contribution in [3.05, 3.63) is 35.6 Å². The van der Waals surface area contributed by atoms with Crippen molar-refractivity contribution < 1.29 is 18.8 Å². The molecule has 4 heterocycles. The number of para-hydroxylation sites is 1. The summed E-state index contributed by atoms with van der Waals surface area (Å²) >= 11 is 0. The summed E-state index contributed by atoms with van der Waals surface area (Å²) in [6.45, 7) is 8.03. The molecule has 33 heavy (non-hydrogen) atoms. The highest BCUT2D eigenvalue weighted by Gasteiger charge is 2.31. The predicted octanol–water partition coefficient (Wildman–Crippen LogP) is 3.85. The molecule has 0 saturated carbocycles. The van der Waals surface area contributed by atoms with Crippen LogP contribution in [0, 0.1) is 11.7 Å². The highest BCUT2D eigenvalue weighted by Crippen LogP contribution is 2.31. The Bertz CT molecular complexity index is 1150. The molecule has 2 aromatic heterocycles. The monoisotopic (exact) mass is 456 g/mol. The van der Waals surface area contributed by atoms with E-state index >= 15 is 0 Å². The summed E-state index contributed by atoms with van der Waals surface area (Å²) in [6, 6.07) is 4.98. The summed E-state index contributed by atoms with van der Waals surface area (Å²) < 4.78 is 21.7. The molecule has 2 aliphatic heterocycles. The van der Waals surface area contributed by atoms with Crippen molar-refractivity contribution in [3.63, 3.8) is 0 Å². The lowest BCUT2D eigenvalue weighted by molar-refractivity contribution is 0.147. The number of fused-ring (bicyclic) bond motifs is 1. The fourth-order valence-electron chi connectivity index (χ4n) is 5.08. The first-order chi connectivity index (χ1) is 15.9. The number of carboxylic acid groups (broad SMARTS) is 1. The summed E-state index contributed by atoms with van der Waals surface area (Å²) in [7, 11) is 0. The SMILES string of the molecule is CC(C)c1nn(-c2noc(C3CCN(C[C@@H]4CCN(C(=O)O)C4)CC3)n2)c2c(F)cccc12. The van der Waals surface area contributed by atoms with Crippen molar-refractivity contribution in [2.24, 2.45) is 5.92 Å². The van der Waals surface area contributed by atoms with Gasteiger partial charge in [0.05, 0.1) is 5.69 Å². The topological polar surface area (TPSA) is 101 Å². The Morgan fingerprint density at radius 2 is 2.03 bits per heavy atom. The third kappa shape index (κ3) is 4.19. The lowest BCUT2D eigenvalue weighted by Gasteiger charge is -2.32. The Kier molecular flexibility index (Phi) is 5.77. The largest absolute Gasteiger partial charge is 0.465 e. The van der Waals surface area contributed by atoms with E-state index in [0.717, 1.165) is 50.0 Å². The Balaban J connectivity index is 1.27. The molecule has 2 aliphatic rings. The van der Waals surface area contributed by atoms with Crippen LogP contribution in [0.5, 0.6) is 0 Å². The zero-order valence-corrected chi connectivity index (χ0v) is 18.9. The van der Waals surface area contributed by atoms with Gasteiger partial charge in [0, 0.05) is 30.9 Å². The molecule has 3 aromatic rings. The van der Waals surface area contributed by atoms with Gasteiger partial charge in [-0.3, -0.25) is 0 Å². The maximum absolute atomic E-state index is 14.7. The van der Waals surface area contributed by atoms with Gasteiger partial charge in [-0.25, -0.2) is 9.18 Å². The molecule has 176 valence electrons. The second-order valence-corrected chi connectivity index (χ2v) is 9.48. The maximum Gasteiger partial charge on any atom is 0.407 e. The van der Waals surface area contributed by atoms with E-state index in [1.807, 2.05) is 19.9 Å². The molecule has 1 amide bonds. The third-order valence-electron chi connectivity index (χ3n) is 6.86. The number of rotatable bonds is 5. The zero-order valence-electron chi connectivity index (χ0n) is 18.9. The van der Waals surface area contributed by atoms with Gasteiger partial charge in [0.25, 0.3) is 5.95 Å². The van der Waals surface area contributed by atoms with Crippen LogP contribution in [-0.2, 0) is 0 Å². The number of amides is 1. The summed E-state index contributed by atoms with van der Waals surface area (Å²) in [5.41, 5.74) is 1.17. The lowest BCUT2D eigenvalue weighted by atomic mass is 9.95. The molecule has 9 nitrogen and oxygen atoms in total. The number of piperidine rings is 1. The molecule has 2 saturated heterocycles. The third-order valence-corrected chi connectivity index (χ3v) is 6.86. The molecular weight excluding hydrogens is 427 g/mol. The number of halogens is 1. The predicted molar refractivity (Wildman–Crippen MR) is 119 cm³/mol. The van der Waals surface area contributed by atoms with E-state index in [4.69, 9.17) is 9.63 Å². The summed E-state index contributed by atoms with van der Waals surface area (Å²) in [5.74, 6) is 1.14. The van der Waals surface area contributed by atoms with E-state index in [1.165, 1.54) is 15.6 Å². The molecular formula is C23H29FN6O3. The summed E-state index contributed by atoms with van der Waals surface area (Å²) in [6.07, 6.45) is 1.88. The zero-order chi connectivity index (χ0) is 23.1. The van der Waals surface area contributed by atoms with Crippen molar-refractivity contribution >= 4 is 17.0 Å². The Labute approximate surface area is 191 Å². The first-order valence-corrected chi connectivity index (χ1v) is 11.6. The standard InChI is InChI=1S/C23H29FN6O3/c1-14(2)19-17-4-3-5-18(24)20(17)30(26-19)22-25-21(33-27-22)16-7-9-28(10-8-16)12-15-6-11-29(13-15)23(31)32/h3-5,14-16H,6-13H2,1-2H3,(H,31,32)/t15-/m0/s1. The van der Waals surface area contributed by atoms with Crippen LogP contribution >= 0.6 is 0 Å². The fourth-order valence-corrected chi connectivity index (χ4v) is 5.08.